The van der Waals surface area contributed by atoms with Crippen molar-refractivity contribution in [2.24, 2.45) is 10.2 Å². The monoisotopic (exact) mass is 442 g/mol. The molecule has 0 bridgehead atoms. The van der Waals surface area contributed by atoms with Crippen molar-refractivity contribution < 1.29 is 19.8 Å². The van der Waals surface area contributed by atoms with E-state index in [1.165, 1.54) is 11.8 Å². The smallest absolute Gasteiger partial charge is 0.240 e. The molecule has 0 atom stereocenters. The van der Waals surface area contributed by atoms with Gasteiger partial charge in [0.1, 0.15) is 11.5 Å². The Morgan fingerprint density at radius 3 is 1.55 bits per heavy atom. The summed E-state index contributed by atoms with van der Waals surface area (Å²) >= 11 is 1.48. The summed E-state index contributed by atoms with van der Waals surface area (Å²) in [6, 6.07) is 13.5. The summed E-state index contributed by atoms with van der Waals surface area (Å²) in [7, 11) is 0. The third-order valence-corrected chi connectivity index (χ3v) is 5.22. The minimum absolute atomic E-state index is 0.104. The number of thioether (sulfide) groups is 1. The van der Waals surface area contributed by atoms with Crippen LogP contribution in [0.25, 0.3) is 0 Å². The predicted molar refractivity (Wildman–Crippen MR) is 123 cm³/mol. The van der Waals surface area contributed by atoms with Gasteiger partial charge >= 0.3 is 0 Å². The van der Waals surface area contributed by atoms with E-state index in [9.17, 15) is 19.8 Å². The fraction of sp³-hybridized carbons (Fsp3) is 0.273. The van der Waals surface area contributed by atoms with Gasteiger partial charge in [0, 0.05) is 35.5 Å². The molecule has 4 N–H and O–H groups in total. The molecule has 0 saturated carbocycles. The van der Waals surface area contributed by atoms with Crippen LogP contribution in [0, 0.1) is 0 Å². The molecule has 0 aliphatic rings. The highest BCUT2D eigenvalue weighted by Crippen LogP contribution is 2.17. The number of aromatic hydroxyl groups is 2. The largest absolute Gasteiger partial charge is 0.507 e. The molecular formula is C22H26N4O4S. The molecule has 0 aliphatic heterocycles. The van der Waals surface area contributed by atoms with Crippen LogP contribution in [0.2, 0.25) is 0 Å². The number of para-hydroxylation sites is 2. The molecule has 8 nitrogen and oxygen atoms in total. The highest BCUT2D eigenvalue weighted by molar-refractivity contribution is 7.99. The predicted octanol–water partition coefficient (Wildman–Crippen LogP) is 2.99. The zero-order valence-corrected chi connectivity index (χ0v) is 18.3. The van der Waals surface area contributed by atoms with Crippen LogP contribution in [-0.2, 0) is 9.59 Å². The van der Waals surface area contributed by atoms with Crippen molar-refractivity contribution in [1.82, 2.24) is 10.9 Å². The average Bonchev–Trinajstić information content (AvgIpc) is 2.76. The summed E-state index contributed by atoms with van der Waals surface area (Å²) in [6.45, 7) is 3.40. The van der Waals surface area contributed by atoms with E-state index in [0.717, 1.165) is 0 Å². The van der Waals surface area contributed by atoms with E-state index in [1.54, 1.807) is 62.4 Å². The number of hydrazone groups is 2. The van der Waals surface area contributed by atoms with Crippen molar-refractivity contribution in [2.75, 3.05) is 11.5 Å². The van der Waals surface area contributed by atoms with Crippen LogP contribution < -0.4 is 10.9 Å². The van der Waals surface area contributed by atoms with Gasteiger partial charge in [-0.1, -0.05) is 24.3 Å². The van der Waals surface area contributed by atoms with Gasteiger partial charge in [-0.2, -0.15) is 22.0 Å². The quantitative estimate of drug-likeness (QED) is 0.256. The van der Waals surface area contributed by atoms with E-state index < -0.39 is 0 Å². The SMILES string of the molecule is C/C(=N/NC(=O)CCSCCC(=O)N/N=C(/C)c1ccccc1O)c1ccccc1O. The van der Waals surface area contributed by atoms with E-state index in [1.807, 2.05) is 0 Å². The van der Waals surface area contributed by atoms with Gasteiger partial charge in [0.05, 0.1) is 11.4 Å². The van der Waals surface area contributed by atoms with Gasteiger partial charge < -0.3 is 10.2 Å². The second kappa shape index (κ2) is 12.4. The number of amides is 2. The third kappa shape index (κ3) is 8.13. The van der Waals surface area contributed by atoms with E-state index >= 15 is 0 Å². The Morgan fingerprint density at radius 2 is 1.16 bits per heavy atom. The maximum atomic E-state index is 11.9. The highest BCUT2D eigenvalue weighted by Gasteiger charge is 2.07. The van der Waals surface area contributed by atoms with Gasteiger partial charge in [0.15, 0.2) is 0 Å². The summed E-state index contributed by atoms with van der Waals surface area (Å²) < 4.78 is 0. The highest BCUT2D eigenvalue weighted by atomic mass is 32.2. The Labute approximate surface area is 185 Å². The fourth-order valence-electron chi connectivity index (χ4n) is 2.52. The molecule has 0 radical (unpaired) electrons. The first kappa shape index (κ1) is 23.9. The number of hydrogen-bond donors (Lipinski definition) is 4. The molecule has 0 heterocycles. The third-order valence-electron chi connectivity index (χ3n) is 4.23. The van der Waals surface area contributed by atoms with Crippen LogP contribution in [0.3, 0.4) is 0 Å². The second-order valence-electron chi connectivity index (χ2n) is 6.61. The van der Waals surface area contributed by atoms with Crippen molar-refractivity contribution in [2.45, 2.75) is 26.7 Å². The topological polar surface area (TPSA) is 123 Å². The van der Waals surface area contributed by atoms with Crippen LogP contribution >= 0.6 is 11.8 Å². The van der Waals surface area contributed by atoms with E-state index in [0.29, 0.717) is 34.1 Å². The van der Waals surface area contributed by atoms with Crippen LogP contribution in [0.4, 0.5) is 0 Å². The Morgan fingerprint density at radius 1 is 0.774 bits per heavy atom. The van der Waals surface area contributed by atoms with Gasteiger partial charge in [-0.3, -0.25) is 9.59 Å². The molecule has 2 aromatic carbocycles. The first-order chi connectivity index (χ1) is 14.9. The average molecular weight is 443 g/mol. The molecule has 0 saturated heterocycles. The summed E-state index contributed by atoms with van der Waals surface area (Å²) in [5.74, 6) is 0.817. The molecule has 0 aromatic heterocycles. The van der Waals surface area contributed by atoms with Gasteiger partial charge in [0.2, 0.25) is 11.8 Å². The molecule has 0 spiro atoms. The van der Waals surface area contributed by atoms with Gasteiger partial charge in [-0.25, -0.2) is 10.9 Å². The lowest BCUT2D eigenvalue weighted by atomic mass is 10.1. The zero-order chi connectivity index (χ0) is 22.6. The van der Waals surface area contributed by atoms with Crippen molar-refractivity contribution >= 4 is 35.0 Å². The molecule has 2 aromatic rings. The Balaban J connectivity index is 1.64. The molecular weight excluding hydrogens is 416 g/mol. The van der Waals surface area contributed by atoms with E-state index in [4.69, 9.17) is 0 Å². The lowest BCUT2D eigenvalue weighted by Crippen LogP contribution is -2.20. The number of rotatable bonds is 10. The Kier molecular flexibility index (Phi) is 9.57. The maximum Gasteiger partial charge on any atom is 0.240 e. The van der Waals surface area contributed by atoms with Gasteiger partial charge in [-0.15, -0.1) is 0 Å². The molecule has 2 amide bonds. The minimum atomic E-state index is -0.241. The van der Waals surface area contributed by atoms with Crippen molar-refractivity contribution in [3.63, 3.8) is 0 Å². The van der Waals surface area contributed by atoms with Crippen LogP contribution in [0.15, 0.2) is 58.7 Å². The summed E-state index contributed by atoms with van der Waals surface area (Å²) in [4.78, 5) is 23.8. The Hall–Kier alpha value is -3.33. The molecule has 2 rings (SSSR count). The van der Waals surface area contributed by atoms with Crippen molar-refractivity contribution in [1.29, 1.82) is 0 Å². The number of phenolic OH excluding ortho intramolecular Hbond substituents is 2. The first-order valence-electron chi connectivity index (χ1n) is 9.69. The number of nitrogens with zero attached hydrogens (tertiary/aromatic N) is 2. The molecule has 0 unspecified atom stereocenters. The van der Waals surface area contributed by atoms with Crippen molar-refractivity contribution in [3.8, 4) is 11.5 Å². The summed E-state index contributed by atoms with van der Waals surface area (Å²) in [5, 5.41) is 27.6. The maximum absolute atomic E-state index is 11.9. The van der Waals surface area contributed by atoms with Crippen LogP contribution in [0.5, 0.6) is 11.5 Å². The number of hydrogen-bond acceptors (Lipinski definition) is 7. The van der Waals surface area contributed by atoms with Gasteiger partial charge in [0.25, 0.3) is 0 Å². The first-order valence-corrected chi connectivity index (χ1v) is 10.8. The van der Waals surface area contributed by atoms with Crippen LogP contribution in [0.1, 0.15) is 37.8 Å². The Bertz CT molecular complexity index is 898. The lowest BCUT2D eigenvalue weighted by molar-refractivity contribution is -0.121. The number of phenols is 2. The fourth-order valence-corrected chi connectivity index (χ4v) is 3.38. The van der Waals surface area contributed by atoms with E-state index in [-0.39, 0.29) is 36.2 Å². The molecule has 164 valence electrons. The molecule has 0 fully saturated rings. The second-order valence-corrected chi connectivity index (χ2v) is 7.84. The number of nitrogens with one attached hydrogen (secondary N) is 2. The molecule has 9 heteroatoms. The lowest BCUT2D eigenvalue weighted by Gasteiger charge is -2.05. The summed E-state index contributed by atoms with van der Waals surface area (Å²) in [5.41, 5.74) is 7.07. The summed E-state index contributed by atoms with van der Waals surface area (Å²) in [6.07, 6.45) is 0.517. The van der Waals surface area contributed by atoms with E-state index in [2.05, 4.69) is 21.1 Å². The van der Waals surface area contributed by atoms with Gasteiger partial charge in [-0.05, 0) is 38.1 Å². The number of carbonyl (C=O) groups excluding carboxylic acids is 2. The normalized spacial score (nSPS) is 11.8. The van der Waals surface area contributed by atoms with Crippen molar-refractivity contribution in [3.05, 3.63) is 59.7 Å². The van der Waals surface area contributed by atoms with Crippen LogP contribution in [-0.4, -0.2) is 45.0 Å². The molecule has 31 heavy (non-hydrogen) atoms. The molecule has 0 aliphatic carbocycles. The standard InChI is InChI=1S/C22H26N4O4S/c1-15(17-7-3-5-9-19(17)27)23-25-21(29)11-13-31-14-12-22(30)26-24-16(2)18-8-4-6-10-20(18)28/h3-10,27-28H,11-14H2,1-2H3,(H,25,29)(H,26,30)/b23-15-,24-16-. The zero-order valence-electron chi connectivity index (χ0n) is 17.5. The number of benzene rings is 2. The minimum Gasteiger partial charge on any atom is -0.507 e. The number of carbonyl (C=O) groups is 2.